The molecule has 0 spiro atoms. The lowest BCUT2D eigenvalue weighted by Crippen LogP contribution is -2.16. The molecule has 0 aliphatic carbocycles. The van der Waals surface area contributed by atoms with Crippen LogP contribution in [0.1, 0.15) is 17.0 Å². The van der Waals surface area contributed by atoms with E-state index in [1.807, 2.05) is 13.8 Å². The van der Waals surface area contributed by atoms with Gasteiger partial charge in [-0.2, -0.15) is 0 Å². The van der Waals surface area contributed by atoms with Crippen LogP contribution >= 0.6 is 0 Å². The molecule has 0 aromatic carbocycles. The van der Waals surface area contributed by atoms with Crippen LogP contribution in [0, 0.1) is 25.3 Å². The van der Waals surface area contributed by atoms with Gasteiger partial charge in [0.2, 0.25) is 0 Å². The Bertz CT molecular complexity index is 784. The van der Waals surface area contributed by atoms with E-state index in [2.05, 4.69) is 41.1 Å². The van der Waals surface area contributed by atoms with Crippen molar-refractivity contribution in [2.75, 3.05) is 0 Å². The van der Waals surface area contributed by atoms with E-state index in [0.717, 1.165) is 11.4 Å². The molecule has 2 N–H and O–H groups in total. The predicted octanol–water partition coefficient (Wildman–Crippen LogP) is 3.40. The number of pyridine rings is 2. The standard InChI is InChI=1S/C17H20N2O2Si/c1-11-6-7-14(20)15(18-11)16-17(21)13(10-12(2)19-16)8-9-22(3,4)5/h6-7,10,20-21H,1-5H3. The topological polar surface area (TPSA) is 66.2 Å². The Morgan fingerprint density at radius 2 is 1.59 bits per heavy atom. The second-order valence-electron chi connectivity index (χ2n) is 6.33. The fourth-order valence-electron chi connectivity index (χ4n) is 1.91. The van der Waals surface area contributed by atoms with Crippen molar-refractivity contribution in [1.29, 1.82) is 0 Å². The van der Waals surface area contributed by atoms with Gasteiger partial charge in [0.25, 0.3) is 0 Å². The van der Waals surface area contributed by atoms with Gasteiger partial charge in [-0.05, 0) is 32.0 Å². The van der Waals surface area contributed by atoms with Crippen molar-refractivity contribution in [2.45, 2.75) is 33.5 Å². The third kappa shape index (κ3) is 3.65. The summed E-state index contributed by atoms with van der Waals surface area (Å²) in [6.45, 7) is 10.1. The van der Waals surface area contributed by atoms with Crippen LogP contribution in [-0.2, 0) is 0 Å². The van der Waals surface area contributed by atoms with E-state index in [-0.39, 0.29) is 22.9 Å². The number of rotatable bonds is 1. The van der Waals surface area contributed by atoms with E-state index in [0.29, 0.717) is 5.56 Å². The highest BCUT2D eigenvalue weighted by Crippen LogP contribution is 2.34. The highest BCUT2D eigenvalue weighted by Gasteiger charge is 2.17. The fourth-order valence-corrected chi connectivity index (χ4v) is 2.41. The summed E-state index contributed by atoms with van der Waals surface area (Å²) < 4.78 is 0. The highest BCUT2D eigenvalue weighted by atomic mass is 28.3. The fraction of sp³-hybridized carbons (Fsp3) is 0.294. The normalized spacial score (nSPS) is 11.0. The summed E-state index contributed by atoms with van der Waals surface area (Å²) in [5, 5.41) is 20.5. The first-order valence-electron chi connectivity index (χ1n) is 7.08. The molecule has 2 aromatic heterocycles. The number of hydrogen-bond acceptors (Lipinski definition) is 4. The molecular formula is C17H20N2O2Si. The van der Waals surface area contributed by atoms with Gasteiger partial charge in [-0.25, -0.2) is 9.97 Å². The van der Waals surface area contributed by atoms with Crippen molar-refractivity contribution in [2.24, 2.45) is 0 Å². The molecule has 2 heterocycles. The number of nitrogens with zero attached hydrogens (tertiary/aromatic N) is 2. The minimum Gasteiger partial charge on any atom is -0.506 e. The lowest BCUT2D eigenvalue weighted by molar-refractivity contribution is 0.464. The quantitative estimate of drug-likeness (QED) is 0.625. The summed E-state index contributed by atoms with van der Waals surface area (Å²) in [4.78, 5) is 8.60. The number of hydrogen-bond donors (Lipinski definition) is 2. The minimum atomic E-state index is -1.55. The zero-order chi connectivity index (χ0) is 16.5. The Hall–Kier alpha value is -2.32. The average molecular weight is 312 g/mol. The molecule has 114 valence electrons. The van der Waals surface area contributed by atoms with Crippen molar-refractivity contribution in [1.82, 2.24) is 9.97 Å². The number of aromatic hydroxyl groups is 2. The van der Waals surface area contributed by atoms with Gasteiger partial charge < -0.3 is 10.2 Å². The lowest BCUT2D eigenvalue weighted by Gasteiger charge is -2.10. The van der Waals surface area contributed by atoms with Gasteiger partial charge in [0.05, 0.1) is 5.56 Å². The molecule has 0 unspecified atom stereocenters. The second-order valence-corrected chi connectivity index (χ2v) is 11.1. The summed E-state index contributed by atoms with van der Waals surface area (Å²) in [5.74, 6) is 3.00. The zero-order valence-corrected chi connectivity index (χ0v) is 14.5. The summed E-state index contributed by atoms with van der Waals surface area (Å²) in [5.41, 5.74) is 5.75. The third-order valence-corrected chi connectivity index (χ3v) is 3.81. The van der Waals surface area contributed by atoms with Crippen LogP contribution in [0.15, 0.2) is 18.2 Å². The van der Waals surface area contributed by atoms with E-state index >= 15 is 0 Å². The molecule has 2 rings (SSSR count). The van der Waals surface area contributed by atoms with Crippen LogP contribution < -0.4 is 0 Å². The Balaban J connectivity index is 2.65. The molecule has 4 nitrogen and oxygen atoms in total. The van der Waals surface area contributed by atoms with Crippen molar-refractivity contribution >= 4 is 8.07 Å². The average Bonchev–Trinajstić information content (AvgIpc) is 2.41. The van der Waals surface area contributed by atoms with Gasteiger partial charge in [-0.1, -0.05) is 25.6 Å². The lowest BCUT2D eigenvalue weighted by atomic mass is 10.1. The molecule has 5 heteroatoms. The smallest absolute Gasteiger partial charge is 0.159 e. The Morgan fingerprint density at radius 1 is 0.955 bits per heavy atom. The van der Waals surface area contributed by atoms with Gasteiger partial charge >= 0.3 is 0 Å². The molecule has 0 saturated carbocycles. The number of aryl methyl sites for hydroxylation is 2. The molecule has 22 heavy (non-hydrogen) atoms. The van der Waals surface area contributed by atoms with Gasteiger partial charge in [-0.15, -0.1) is 5.54 Å². The highest BCUT2D eigenvalue weighted by molar-refractivity contribution is 6.83. The monoisotopic (exact) mass is 312 g/mol. The van der Waals surface area contributed by atoms with Crippen LogP contribution in [0.4, 0.5) is 0 Å². The second kappa shape index (κ2) is 5.82. The minimum absolute atomic E-state index is 0.0110. The summed E-state index contributed by atoms with van der Waals surface area (Å²) in [6.07, 6.45) is 0. The summed E-state index contributed by atoms with van der Waals surface area (Å²) in [7, 11) is -1.55. The van der Waals surface area contributed by atoms with E-state index in [1.54, 1.807) is 18.2 Å². The molecular weight excluding hydrogens is 292 g/mol. The van der Waals surface area contributed by atoms with Crippen LogP contribution in [0.3, 0.4) is 0 Å². The van der Waals surface area contributed by atoms with Crippen LogP contribution in [-0.4, -0.2) is 28.3 Å². The molecule has 2 aromatic rings. The van der Waals surface area contributed by atoms with Gasteiger partial charge in [0.1, 0.15) is 25.2 Å². The van der Waals surface area contributed by atoms with Crippen molar-refractivity contribution in [3.63, 3.8) is 0 Å². The zero-order valence-electron chi connectivity index (χ0n) is 13.5. The van der Waals surface area contributed by atoms with Crippen LogP contribution in [0.5, 0.6) is 11.5 Å². The van der Waals surface area contributed by atoms with Crippen LogP contribution in [0.25, 0.3) is 11.4 Å². The van der Waals surface area contributed by atoms with Crippen molar-refractivity contribution < 1.29 is 10.2 Å². The summed E-state index contributed by atoms with van der Waals surface area (Å²) in [6, 6.07) is 5.00. The first-order valence-corrected chi connectivity index (χ1v) is 10.6. The van der Waals surface area contributed by atoms with E-state index in [1.165, 1.54) is 0 Å². The Morgan fingerprint density at radius 3 is 2.23 bits per heavy atom. The molecule has 0 atom stereocenters. The molecule has 0 aliphatic rings. The summed E-state index contributed by atoms with van der Waals surface area (Å²) >= 11 is 0. The number of aromatic nitrogens is 2. The van der Waals surface area contributed by atoms with E-state index < -0.39 is 8.07 Å². The predicted molar refractivity (Wildman–Crippen MR) is 90.5 cm³/mol. The van der Waals surface area contributed by atoms with Gasteiger partial charge in [-0.3, -0.25) is 0 Å². The van der Waals surface area contributed by atoms with E-state index in [4.69, 9.17) is 0 Å². The molecule has 0 amide bonds. The van der Waals surface area contributed by atoms with Crippen molar-refractivity contribution in [3.05, 3.63) is 35.2 Å². The Labute approximate surface area is 131 Å². The third-order valence-electron chi connectivity index (χ3n) is 2.93. The Kier molecular flexibility index (Phi) is 4.24. The maximum atomic E-state index is 10.5. The molecule has 0 saturated heterocycles. The molecule has 0 aliphatic heterocycles. The maximum Gasteiger partial charge on any atom is 0.159 e. The molecule has 0 bridgehead atoms. The molecule has 0 radical (unpaired) electrons. The SMILES string of the molecule is Cc1ccc(O)c(-c2nc(C)cc(C#C[Si](C)(C)C)c2O)n1. The largest absolute Gasteiger partial charge is 0.506 e. The van der Waals surface area contributed by atoms with Crippen LogP contribution in [0.2, 0.25) is 19.6 Å². The first-order chi connectivity index (χ1) is 10.2. The molecule has 0 fully saturated rings. The van der Waals surface area contributed by atoms with Gasteiger partial charge in [0, 0.05) is 11.4 Å². The first kappa shape index (κ1) is 16.1. The van der Waals surface area contributed by atoms with Crippen molar-refractivity contribution in [3.8, 4) is 34.4 Å². The van der Waals surface area contributed by atoms with Gasteiger partial charge in [0.15, 0.2) is 5.75 Å². The maximum absolute atomic E-state index is 10.5. The van der Waals surface area contributed by atoms with E-state index in [9.17, 15) is 10.2 Å².